The van der Waals surface area contributed by atoms with Crippen molar-refractivity contribution < 1.29 is 9.78 Å². The van der Waals surface area contributed by atoms with E-state index in [4.69, 9.17) is 9.78 Å². The van der Waals surface area contributed by atoms with Gasteiger partial charge in [-0.15, -0.1) is 0 Å². The summed E-state index contributed by atoms with van der Waals surface area (Å²) in [6, 6.07) is 6.22. The molecule has 0 saturated heterocycles. The molecule has 0 aromatic heterocycles. The van der Waals surface area contributed by atoms with Gasteiger partial charge in [0.05, 0.1) is 0 Å². The lowest BCUT2D eigenvalue weighted by molar-refractivity contribution is -0.194. The van der Waals surface area contributed by atoms with Crippen LogP contribution in [-0.4, -0.2) is 13.6 Å². The lowest BCUT2D eigenvalue weighted by Crippen LogP contribution is -2.10. The summed E-state index contributed by atoms with van der Waals surface area (Å²) in [5.41, 5.74) is 2.41. The molecule has 0 amide bonds. The van der Waals surface area contributed by atoms with Gasteiger partial charge in [0, 0.05) is 5.56 Å². The molecule has 1 aliphatic heterocycles. The van der Waals surface area contributed by atoms with Gasteiger partial charge in [0.15, 0.2) is 5.75 Å². The Morgan fingerprint density at radius 1 is 1.46 bits per heavy atom. The standard InChI is InChI=1S/C10H13NO2/c1-11-5-4-8-2-3-9-7-12-13-10(9)6-8/h2-3,6,11H,4-5,7H2,1H3. The monoisotopic (exact) mass is 179 g/mol. The van der Waals surface area contributed by atoms with Gasteiger partial charge >= 0.3 is 0 Å². The van der Waals surface area contributed by atoms with Crippen molar-refractivity contribution in [1.29, 1.82) is 0 Å². The Bertz CT molecular complexity index is 299. The molecule has 0 atom stereocenters. The molecule has 0 spiro atoms. The van der Waals surface area contributed by atoms with E-state index in [2.05, 4.69) is 17.4 Å². The first-order valence-corrected chi connectivity index (χ1v) is 4.46. The summed E-state index contributed by atoms with van der Waals surface area (Å²) in [6.07, 6.45) is 1.02. The molecule has 2 rings (SSSR count). The minimum absolute atomic E-state index is 0.571. The van der Waals surface area contributed by atoms with Gasteiger partial charge in [-0.25, -0.2) is 0 Å². The lowest BCUT2D eigenvalue weighted by atomic mass is 10.1. The molecule has 0 unspecified atom stereocenters. The van der Waals surface area contributed by atoms with E-state index in [1.807, 2.05) is 13.1 Å². The zero-order valence-electron chi connectivity index (χ0n) is 7.67. The number of benzene rings is 1. The second-order valence-corrected chi connectivity index (χ2v) is 3.14. The molecule has 1 aromatic carbocycles. The fourth-order valence-corrected chi connectivity index (χ4v) is 1.38. The molecule has 3 nitrogen and oxygen atoms in total. The number of hydrogen-bond donors (Lipinski definition) is 1. The van der Waals surface area contributed by atoms with Gasteiger partial charge in [-0.3, -0.25) is 0 Å². The molecule has 3 heteroatoms. The molecule has 70 valence electrons. The molecular formula is C10H13NO2. The van der Waals surface area contributed by atoms with E-state index in [0.717, 1.165) is 24.3 Å². The second-order valence-electron chi connectivity index (χ2n) is 3.14. The first-order valence-electron chi connectivity index (χ1n) is 4.46. The molecular weight excluding hydrogens is 166 g/mol. The van der Waals surface area contributed by atoms with Crippen molar-refractivity contribution in [3.05, 3.63) is 29.3 Å². The average molecular weight is 179 g/mol. The predicted molar refractivity (Wildman–Crippen MR) is 49.5 cm³/mol. The predicted octanol–water partition coefficient (Wildman–Crippen LogP) is 1.27. The van der Waals surface area contributed by atoms with Gasteiger partial charge in [-0.1, -0.05) is 12.1 Å². The Kier molecular flexibility index (Phi) is 2.47. The zero-order valence-corrected chi connectivity index (χ0v) is 7.67. The van der Waals surface area contributed by atoms with E-state index < -0.39 is 0 Å². The highest BCUT2D eigenvalue weighted by atomic mass is 17.2. The number of fused-ring (bicyclic) bond motifs is 1. The Balaban J connectivity index is 2.12. The van der Waals surface area contributed by atoms with Crippen molar-refractivity contribution in [2.24, 2.45) is 0 Å². The molecule has 0 fully saturated rings. The van der Waals surface area contributed by atoms with Crippen LogP contribution in [0.5, 0.6) is 5.75 Å². The topological polar surface area (TPSA) is 30.5 Å². The molecule has 1 aromatic rings. The number of likely N-dealkylation sites (N-methyl/N-ethyl adjacent to an activating group) is 1. The van der Waals surface area contributed by atoms with Gasteiger partial charge in [0.25, 0.3) is 0 Å². The van der Waals surface area contributed by atoms with Gasteiger partial charge in [-0.05, 0) is 31.6 Å². The Labute approximate surface area is 77.6 Å². The van der Waals surface area contributed by atoms with Crippen LogP contribution in [0.1, 0.15) is 11.1 Å². The summed E-state index contributed by atoms with van der Waals surface area (Å²) in [5, 5.41) is 3.11. The third-order valence-corrected chi connectivity index (χ3v) is 2.16. The normalized spacial score (nSPS) is 13.9. The van der Waals surface area contributed by atoms with Crippen molar-refractivity contribution in [1.82, 2.24) is 5.32 Å². The Morgan fingerprint density at radius 2 is 2.38 bits per heavy atom. The first kappa shape index (κ1) is 8.53. The van der Waals surface area contributed by atoms with E-state index in [1.54, 1.807) is 0 Å². The van der Waals surface area contributed by atoms with Crippen LogP contribution in [0.25, 0.3) is 0 Å². The van der Waals surface area contributed by atoms with Crippen molar-refractivity contribution >= 4 is 0 Å². The van der Waals surface area contributed by atoms with Crippen LogP contribution in [0.2, 0.25) is 0 Å². The van der Waals surface area contributed by atoms with Gasteiger partial charge in [0.1, 0.15) is 6.61 Å². The lowest BCUT2D eigenvalue weighted by Gasteiger charge is -2.01. The van der Waals surface area contributed by atoms with E-state index in [9.17, 15) is 0 Å². The van der Waals surface area contributed by atoms with Crippen molar-refractivity contribution in [2.45, 2.75) is 13.0 Å². The van der Waals surface area contributed by atoms with Crippen LogP contribution in [0.3, 0.4) is 0 Å². The van der Waals surface area contributed by atoms with Crippen molar-refractivity contribution in [2.75, 3.05) is 13.6 Å². The Morgan fingerprint density at radius 3 is 3.23 bits per heavy atom. The van der Waals surface area contributed by atoms with Gasteiger partial charge < -0.3 is 10.2 Å². The quantitative estimate of drug-likeness (QED) is 0.709. The molecule has 1 aliphatic rings. The average Bonchev–Trinajstić information content (AvgIpc) is 2.61. The first-order chi connectivity index (χ1) is 6.40. The zero-order chi connectivity index (χ0) is 9.10. The molecule has 0 bridgehead atoms. The molecule has 0 saturated carbocycles. The van der Waals surface area contributed by atoms with Crippen molar-refractivity contribution in [3.8, 4) is 5.75 Å². The Hall–Kier alpha value is -1.06. The maximum atomic E-state index is 5.00. The second kappa shape index (κ2) is 3.77. The summed E-state index contributed by atoms with van der Waals surface area (Å²) in [6.45, 7) is 1.56. The molecule has 13 heavy (non-hydrogen) atoms. The molecule has 0 aliphatic carbocycles. The van der Waals surface area contributed by atoms with Crippen LogP contribution in [0.15, 0.2) is 18.2 Å². The largest absolute Gasteiger partial charge is 0.337 e. The van der Waals surface area contributed by atoms with Crippen LogP contribution in [0, 0.1) is 0 Å². The van der Waals surface area contributed by atoms with E-state index in [1.165, 1.54) is 5.56 Å². The van der Waals surface area contributed by atoms with Gasteiger partial charge in [0.2, 0.25) is 0 Å². The minimum Gasteiger partial charge on any atom is -0.337 e. The third kappa shape index (κ3) is 1.82. The SMILES string of the molecule is CNCCc1ccc2c(c1)OOC2. The van der Waals surface area contributed by atoms with E-state index in [-0.39, 0.29) is 0 Å². The van der Waals surface area contributed by atoms with E-state index in [0.29, 0.717) is 6.61 Å². The highest BCUT2D eigenvalue weighted by molar-refractivity contribution is 5.38. The van der Waals surface area contributed by atoms with E-state index >= 15 is 0 Å². The fraction of sp³-hybridized carbons (Fsp3) is 0.400. The molecule has 0 radical (unpaired) electrons. The summed E-state index contributed by atoms with van der Waals surface area (Å²) in [7, 11) is 1.95. The number of nitrogens with one attached hydrogen (secondary N) is 1. The smallest absolute Gasteiger partial charge is 0.171 e. The van der Waals surface area contributed by atoms with Crippen LogP contribution < -0.4 is 10.2 Å². The fourth-order valence-electron chi connectivity index (χ4n) is 1.38. The highest BCUT2D eigenvalue weighted by Crippen LogP contribution is 2.26. The third-order valence-electron chi connectivity index (χ3n) is 2.16. The summed E-state index contributed by atoms with van der Waals surface area (Å²) in [4.78, 5) is 9.86. The van der Waals surface area contributed by atoms with Crippen molar-refractivity contribution in [3.63, 3.8) is 0 Å². The maximum absolute atomic E-state index is 5.00. The molecule has 1 heterocycles. The number of hydrogen-bond acceptors (Lipinski definition) is 3. The minimum atomic E-state index is 0.571. The summed E-state index contributed by atoms with van der Waals surface area (Å²) >= 11 is 0. The molecule has 1 N–H and O–H groups in total. The van der Waals surface area contributed by atoms with Crippen LogP contribution in [0.4, 0.5) is 0 Å². The number of rotatable bonds is 3. The maximum Gasteiger partial charge on any atom is 0.171 e. The van der Waals surface area contributed by atoms with Gasteiger partial charge in [-0.2, -0.15) is 4.89 Å². The summed E-state index contributed by atoms with van der Waals surface area (Å²) < 4.78 is 0. The highest BCUT2D eigenvalue weighted by Gasteiger charge is 2.13. The van der Waals surface area contributed by atoms with Crippen LogP contribution in [-0.2, 0) is 17.9 Å². The van der Waals surface area contributed by atoms with Crippen LogP contribution >= 0.6 is 0 Å². The summed E-state index contributed by atoms with van der Waals surface area (Å²) in [5.74, 6) is 0.869.